The Morgan fingerprint density at radius 2 is 2.33 bits per heavy atom. The van der Waals surface area contributed by atoms with Crippen LogP contribution in [0.25, 0.3) is 10.9 Å². The summed E-state index contributed by atoms with van der Waals surface area (Å²) in [6.07, 6.45) is 4.22. The fraction of sp³-hybridized carbons (Fsp3) is 0.529. The summed E-state index contributed by atoms with van der Waals surface area (Å²) < 4.78 is 6.19. The van der Waals surface area contributed by atoms with E-state index in [1.54, 1.807) is 0 Å². The summed E-state index contributed by atoms with van der Waals surface area (Å²) in [5, 5.41) is 1.36. The molecule has 0 unspecified atom stereocenters. The Hall–Kier alpha value is -1.36. The minimum atomic E-state index is -0.230. The first-order valence-electron chi connectivity index (χ1n) is 7.74. The number of fused-ring (bicyclic) bond motifs is 2. The summed E-state index contributed by atoms with van der Waals surface area (Å²) in [5.74, 6) is 0.488. The van der Waals surface area contributed by atoms with Gasteiger partial charge in [0.1, 0.15) is 5.60 Å². The van der Waals surface area contributed by atoms with E-state index in [4.69, 9.17) is 10.5 Å². The van der Waals surface area contributed by atoms with Crippen LogP contribution in [0.4, 0.5) is 0 Å². The number of ether oxygens (including phenoxy) is 1. The number of hydrogen-bond donors (Lipinski definition) is 2. The third-order valence-corrected chi connectivity index (χ3v) is 5.56. The average molecular weight is 285 g/mol. The molecule has 2 aromatic rings. The summed E-state index contributed by atoms with van der Waals surface area (Å²) in [6.45, 7) is 1.78. The molecule has 1 aromatic carbocycles. The molecule has 0 saturated carbocycles. The summed E-state index contributed by atoms with van der Waals surface area (Å²) in [6, 6.07) is 6.91. The zero-order valence-electron chi connectivity index (χ0n) is 12.7. The molecule has 0 bridgehead atoms. The molecule has 1 aliphatic carbocycles. The highest BCUT2D eigenvalue weighted by molar-refractivity contribution is 5.88. The molecule has 0 radical (unpaired) electrons. The molecule has 2 heterocycles. The molecule has 2 aliphatic rings. The summed E-state index contributed by atoms with van der Waals surface area (Å²) in [7, 11) is 4.06. The molecule has 1 saturated heterocycles. The van der Waals surface area contributed by atoms with E-state index in [0.717, 1.165) is 25.9 Å². The van der Waals surface area contributed by atoms with E-state index in [0.29, 0.717) is 12.0 Å². The standard InChI is InChI=1S/C17H23N3O/c1-20-10-11(8-18)7-17(21-2)13-4-3-5-14-16(13)12(9-19-14)6-15(17)20/h3-5,9,11,15,19H,6-8,10,18H2,1-2H3/t11-,15+,17-/m0/s1. The molecule has 112 valence electrons. The van der Waals surface area contributed by atoms with E-state index >= 15 is 0 Å². The third-order valence-electron chi connectivity index (χ3n) is 5.56. The molecule has 1 aromatic heterocycles. The minimum Gasteiger partial charge on any atom is -0.372 e. The highest BCUT2D eigenvalue weighted by Gasteiger charge is 2.51. The van der Waals surface area contributed by atoms with Gasteiger partial charge in [-0.2, -0.15) is 0 Å². The lowest BCUT2D eigenvalue weighted by Gasteiger charge is -2.53. The molecule has 21 heavy (non-hydrogen) atoms. The van der Waals surface area contributed by atoms with Crippen LogP contribution in [0, 0.1) is 5.92 Å². The van der Waals surface area contributed by atoms with Crippen LogP contribution < -0.4 is 5.73 Å². The summed E-state index contributed by atoms with van der Waals surface area (Å²) >= 11 is 0. The Morgan fingerprint density at radius 3 is 3.10 bits per heavy atom. The van der Waals surface area contributed by atoms with E-state index in [1.165, 1.54) is 22.0 Å². The first-order valence-corrected chi connectivity index (χ1v) is 7.74. The number of hydrogen-bond acceptors (Lipinski definition) is 3. The van der Waals surface area contributed by atoms with Gasteiger partial charge in [0.15, 0.2) is 0 Å². The molecule has 0 spiro atoms. The monoisotopic (exact) mass is 285 g/mol. The van der Waals surface area contributed by atoms with Gasteiger partial charge in [-0.15, -0.1) is 0 Å². The Balaban J connectivity index is 1.96. The van der Waals surface area contributed by atoms with Crippen molar-refractivity contribution in [3.8, 4) is 0 Å². The third kappa shape index (κ3) is 1.67. The van der Waals surface area contributed by atoms with Gasteiger partial charge in [-0.25, -0.2) is 0 Å². The van der Waals surface area contributed by atoms with Crippen molar-refractivity contribution in [2.75, 3.05) is 27.2 Å². The average Bonchev–Trinajstić information content (AvgIpc) is 2.93. The SMILES string of the molecule is CO[C@]12C[C@@H](CN)CN(C)[C@@H]1Cc1c[nH]c3cccc2c13. The number of benzene rings is 1. The van der Waals surface area contributed by atoms with E-state index in [1.807, 2.05) is 7.11 Å². The number of nitrogens with two attached hydrogens (primary N) is 1. The van der Waals surface area contributed by atoms with E-state index in [-0.39, 0.29) is 5.60 Å². The van der Waals surface area contributed by atoms with E-state index < -0.39 is 0 Å². The van der Waals surface area contributed by atoms with Crippen molar-refractivity contribution in [2.45, 2.75) is 24.5 Å². The van der Waals surface area contributed by atoms with Crippen LogP contribution in [0.15, 0.2) is 24.4 Å². The van der Waals surface area contributed by atoms with E-state index in [9.17, 15) is 0 Å². The van der Waals surface area contributed by atoms with Crippen LogP contribution >= 0.6 is 0 Å². The Kier molecular flexibility index (Phi) is 2.89. The quantitative estimate of drug-likeness (QED) is 0.885. The van der Waals surface area contributed by atoms with Crippen LogP contribution in [0.3, 0.4) is 0 Å². The number of likely N-dealkylation sites (N-methyl/N-ethyl adjacent to an activating group) is 1. The maximum atomic E-state index is 6.19. The van der Waals surface area contributed by atoms with Gasteiger partial charge in [0.25, 0.3) is 0 Å². The van der Waals surface area contributed by atoms with Gasteiger partial charge in [0, 0.05) is 36.8 Å². The smallest absolute Gasteiger partial charge is 0.109 e. The van der Waals surface area contributed by atoms with Gasteiger partial charge in [-0.05, 0) is 49.5 Å². The van der Waals surface area contributed by atoms with Gasteiger partial charge >= 0.3 is 0 Å². The Labute approximate surface area is 125 Å². The molecule has 3 N–H and O–H groups in total. The number of likely N-dealkylation sites (tertiary alicyclic amines) is 1. The Morgan fingerprint density at radius 1 is 1.48 bits per heavy atom. The molecule has 1 fully saturated rings. The molecular formula is C17H23N3O. The molecule has 4 heteroatoms. The number of H-pyrrole nitrogens is 1. The summed E-state index contributed by atoms with van der Waals surface area (Å²) in [4.78, 5) is 5.86. The second-order valence-electron chi connectivity index (χ2n) is 6.60. The van der Waals surface area contributed by atoms with E-state index in [2.05, 4.69) is 41.3 Å². The van der Waals surface area contributed by atoms with Crippen LogP contribution in [0.2, 0.25) is 0 Å². The number of methoxy groups -OCH3 is 1. The zero-order valence-corrected chi connectivity index (χ0v) is 12.7. The highest BCUT2D eigenvalue weighted by Crippen LogP contribution is 2.49. The Bertz CT molecular complexity index is 680. The zero-order chi connectivity index (χ0) is 14.6. The van der Waals surface area contributed by atoms with Crippen LogP contribution in [-0.4, -0.2) is 43.2 Å². The predicted molar refractivity (Wildman–Crippen MR) is 84.3 cm³/mol. The number of nitrogens with one attached hydrogen (secondary N) is 1. The van der Waals surface area contributed by atoms with Crippen LogP contribution in [0.5, 0.6) is 0 Å². The first-order chi connectivity index (χ1) is 10.2. The van der Waals surface area contributed by atoms with Crippen molar-refractivity contribution in [2.24, 2.45) is 11.7 Å². The molecule has 3 atom stereocenters. The fourth-order valence-corrected chi connectivity index (χ4v) is 4.59. The van der Waals surface area contributed by atoms with Gasteiger partial charge in [0.2, 0.25) is 0 Å². The van der Waals surface area contributed by atoms with Crippen molar-refractivity contribution < 1.29 is 4.74 Å². The van der Waals surface area contributed by atoms with Crippen molar-refractivity contribution in [3.63, 3.8) is 0 Å². The fourth-order valence-electron chi connectivity index (χ4n) is 4.59. The van der Waals surface area contributed by atoms with Crippen molar-refractivity contribution in [1.29, 1.82) is 0 Å². The molecular weight excluding hydrogens is 262 g/mol. The van der Waals surface area contributed by atoms with Crippen LogP contribution in [0.1, 0.15) is 17.5 Å². The maximum absolute atomic E-state index is 6.19. The predicted octanol–water partition coefficient (Wildman–Crippen LogP) is 1.84. The molecule has 4 rings (SSSR count). The lowest BCUT2D eigenvalue weighted by atomic mass is 9.68. The largest absolute Gasteiger partial charge is 0.372 e. The highest BCUT2D eigenvalue weighted by atomic mass is 16.5. The maximum Gasteiger partial charge on any atom is 0.109 e. The molecule has 1 aliphatic heterocycles. The topological polar surface area (TPSA) is 54.3 Å². The van der Waals surface area contributed by atoms with Gasteiger partial charge in [0.05, 0.1) is 0 Å². The van der Waals surface area contributed by atoms with Crippen LogP contribution in [-0.2, 0) is 16.8 Å². The number of rotatable bonds is 2. The van der Waals surface area contributed by atoms with Gasteiger partial charge in [-0.3, -0.25) is 4.90 Å². The second kappa shape index (κ2) is 4.57. The number of aromatic nitrogens is 1. The van der Waals surface area contributed by atoms with Crippen molar-refractivity contribution in [1.82, 2.24) is 9.88 Å². The summed E-state index contributed by atoms with van der Waals surface area (Å²) in [5.41, 5.74) is 9.72. The molecule has 4 nitrogen and oxygen atoms in total. The van der Waals surface area contributed by atoms with Crippen molar-refractivity contribution >= 4 is 10.9 Å². The van der Waals surface area contributed by atoms with Gasteiger partial charge in [-0.1, -0.05) is 12.1 Å². The number of nitrogens with zero attached hydrogens (tertiary/aromatic N) is 1. The lowest BCUT2D eigenvalue weighted by molar-refractivity contribution is -0.124. The van der Waals surface area contributed by atoms with Gasteiger partial charge < -0.3 is 15.5 Å². The molecule has 0 amide bonds. The minimum absolute atomic E-state index is 0.230. The number of piperidine rings is 1. The normalized spacial score (nSPS) is 32.3. The van der Waals surface area contributed by atoms with Crippen molar-refractivity contribution in [3.05, 3.63) is 35.5 Å². The second-order valence-corrected chi connectivity index (χ2v) is 6.60. The first kappa shape index (κ1) is 13.3. The lowest BCUT2D eigenvalue weighted by Crippen LogP contribution is -2.60. The number of aromatic amines is 1.